The molecule has 0 fully saturated rings. The van der Waals surface area contributed by atoms with Crippen LogP contribution < -0.4 is 5.73 Å². The van der Waals surface area contributed by atoms with Crippen LogP contribution in [0.15, 0.2) is 45.0 Å². The van der Waals surface area contributed by atoms with E-state index in [1.165, 1.54) is 6.92 Å². The summed E-state index contributed by atoms with van der Waals surface area (Å²) in [5.41, 5.74) is 6.01. The van der Waals surface area contributed by atoms with Crippen molar-refractivity contribution in [2.75, 3.05) is 0 Å². The molecule has 0 heterocycles. The number of hydrogen-bond donors (Lipinski definition) is 2. The Kier molecular flexibility index (Phi) is 4.89. The molecule has 0 radical (unpaired) electrons. The summed E-state index contributed by atoms with van der Waals surface area (Å²) in [6.07, 6.45) is 0. The number of halogens is 1. The highest BCUT2D eigenvalue weighted by Gasteiger charge is 2.11. The Hall–Kier alpha value is -1.14. The lowest BCUT2D eigenvalue weighted by atomic mass is 10.2. The SMILES string of the molecule is C/C(O)=C(C)/C(N)=[N+](/[O-])Sc1ccccc1Br. The van der Waals surface area contributed by atoms with E-state index in [1.807, 2.05) is 18.2 Å². The molecule has 0 bridgehead atoms. The zero-order valence-electron chi connectivity index (χ0n) is 9.48. The van der Waals surface area contributed by atoms with E-state index < -0.39 is 0 Å². The van der Waals surface area contributed by atoms with Gasteiger partial charge in [0.25, 0.3) is 5.84 Å². The Morgan fingerprint density at radius 1 is 1.41 bits per heavy atom. The van der Waals surface area contributed by atoms with Crippen LogP contribution in [0.25, 0.3) is 0 Å². The molecule has 0 aliphatic heterocycles. The standard InChI is InChI=1S/C11H13BrN2O2S/c1-7(8(2)15)11(13)14(16)17-10-6-4-3-5-9(10)12/h3-6,15H,13H2,1-2H3/b8-7-,14-11+. The minimum Gasteiger partial charge on any atom is -0.704 e. The second kappa shape index (κ2) is 5.97. The third kappa shape index (κ3) is 3.67. The second-order valence-electron chi connectivity index (χ2n) is 3.37. The van der Waals surface area contributed by atoms with Crippen molar-refractivity contribution in [2.24, 2.45) is 5.73 Å². The number of allylic oxidation sites excluding steroid dienone is 1. The van der Waals surface area contributed by atoms with Gasteiger partial charge in [0.05, 0.1) is 22.4 Å². The number of nitrogens with zero attached hydrogens (tertiary/aromatic N) is 1. The summed E-state index contributed by atoms with van der Waals surface area (Å²) < 4.78 is 1.40. The summed E-state index contributed by atoms with van der Waals surface area (Å²) in [6.45, 7) is 3.08. The van der Waals surface area contributed by atoms with E-state index in [0.29, 0.717) is 9.72 Å². The van der Waals surface area contributed by atoms with E-state index in [9.17, 15) is 10.3 Å². The normalized spacial score (nSPS) is 14.1. The molecule has 0 aliphatic rings. The fraction of sp³-hybridized carbons (Fsp3) is 0.182. The van der Waals surface area contributed by atoms with Crippen LogP contribution in [0.4, 0.5) is 0 Å². The molecule has 92 valence electrons. The van der Waals surface area contributed by atoms with Crippen LogP contribution in [0.3, 0.4) is 0 Å². The summed E-state index contributed by atoms with van der Waals surface area (Å²) >= 11 is 4.29. The maximum atomic E-state index is 11.8. The lowest BCUT2D eigenvalue weighted by molar-refractivity contribution is -0.259. The van der Waals surface area contributed by atoms with Crippen LogP contribution >= 0.6 is 27.9 Å². The van der Waals surface area contributed by atoms with Crippen LogP contribution in [0.5, 0.6) is 0 Å². The van der Waals surface area contributed by atoms with E-state index in [0.717, 1.165) is 21.3 Å². The smallest absolute Gasteiger partial charge is 0.289 e. The first kappa shape index (κ1) is 13.9. The van der Waals surface area contributed by atoms with Gasteiger partial charge in [0.2, 0.25) is 0 Å². The van der Waals surface area contributed by atoms with Crippen molar-refractivity contribution < 1.29 is 9.25 Å². The van der Waals surface area contributed by atoms with Gasteiger partial charge >= 0.3 is 0 Å². The van der Waals surface area contributed by atoms with Crippen LogP contribution in [0, 0.1) is 5.21 Å². The number of aliphatic hydroxyl groups excluding tert-OH is 1. The summed E-state index contributed by atoms with van der Waals surface area (Å²) in [7, 11) is 0. The average molecular weight is 317 g/mol. The quantitative estimate of drug-likeness (QED) is 0.171. The van der Waals surface area contributed by atoms with Gasteiger partial charge in [-0.25, -0.2) is 0 Å². The van der Waals surface area contributed by atoms with E-state index in [-0.39, 0.29) is 11.6 Å². The molecule has 0 amide bonds. The molecule has 6 heteroatoms. The number of aliphatic hydroxyl groups is 1. The highest BCUT2D eigenvalue weighted by Crippen LogP contribution is 2.27. The van der Waals surface area contributed by atoms with Gasteiger partial charge in [-0.3, -0.25) is 5.73 Å². The highest BCUT2D eigenvalue weighted by molar-refractivity contribution is 9.10. The topological polar surface area (TPSA) is 72.3 Å². The predicted octanol–water partition coefficient (Wildman–Crippen LogP) is 3.18. The molecule has 0 unspecified atom stereocenters. The highest BCUT2D eigenvalue weighted by atomic mass is 79.9. The van der Waals surface area contributed by atoms with Gasteiger partial charge in [-0.2, -0.15) is 4.14 Å². The average Bonchev–Trinajstić information content (AvgIpc) is 2.30. The Balaban J connectivity index is 3.01. The Morgan fingerprint density at radius 3 is 2.53 bits per heavy atom. The first-order chi connectivity index (χ1) is 7.93. The molecule has 3 N–H and O–H groups in total. The van der Waals surface area contributed by atoms with Gasteiger partial charge in [0.1, 0.15) is 5.76 Å². The van der Waals surface area contributed by atoms with Crippen molar-refractivity contribution in [3.63, 3.8) is 0 Å². The Morgan fingerprint density at radius 2 is 2.00 bits per heavy atom. The Bertz CT molecular complexity index is 482. The monoisotopic (exact) mass is 316 g/mol. The molecule has 0 aliphatic carbocycles. The summed E-state index contributed by atoms with van der Waals surface area (Å²) in [5, 5.41) is 21.0. The van der Waals surface area contributed by atoms with Crippen molar-refractivity contribution in [3.8, 4) is 0 Å². The summed E-state index contributed by atoms with van der Waals surface area (Å²) in [4.78, 5) is 0.758. The largest absolute Gasteiger partial charge is 0.704 e. The first-order valence-corrected chi connectivity index (χ1v) is 6.39. The van der Waals surface area contributed by atoms with Gasteiger partial charge in [0, 0.05) is 4.47 Å². The van der Waals surface area contributed by atoms with Gasteiger partial charge in [-0.05, 0) is 41.9 Å². The minimum atomic E-state index is -0.00856. The van der Waals surface area contributed by atoms with Gasteiger partial charge in [-0.15, -0.1) is 0 Å². The lowest BCUT2D eigenvalue weighted by Crippen LogP contribution is -2.22. The number of rotatable bonds is 3. The second-order valence-corrected chi connectivity index (χ2v) is 5.18. The summed E-state index contributed by atoms with van der Waals surface area (Å²) in [5.74, 6) is 0.0295. The lowest BCUT2D eigenvalue weighted by Gasteiger charge is -2.11. The number of hydrogen-bond acceptors (Lipinski definition) is 3. The molecule has 17 heavy (non-hydrogen) atoms. The van der Waals surface area contributed by atoms with Gasteiger partial charge in [0.15, 0.2) is 0 Å². The molecular formula is C11H13BrN2O2S. The molecule has 1 aromatic carbocycles. The molecule has 0 saturated heterocycles. The van der Waals surface area contributed by atoms with Crippen molar-refractivity contribution in [1.82, 2.24) is 0 Å². The van der Waals surface area contributed by atoms with Crippen molar-refractivity contribution in [1.29, 1.82) is 0 Å². The zero-order valence-corrected chi connectivity index (χ0v) is 11.9. The predicted molar refractivity (Wildman–Crippen MR) is 73.8 cm³/mol. The van der Waals surface area contributed by atoms with Crippen LogP contribution in [-0.2, 0) is 0 Å². The molecule has 1 aromatic rings. The summed E-state index contributed by atoms with van der Waals surface area (Å²) in [6, 6.07) is 7.33. The van der Waals surface area contributed by atoms with Crippen LogP contribution in [-0.4, -0.2) is 15.1 Å². The van der Waals surface area contributed by atoms with Crippen LogP contribution in [0.2, 0.25) is 0 Å². The maximum Gasteiger partial charge on any atom is 0.289 e. The number of benzene rings is 1. The molecule has 4 nitrogen and oxygen atoms in total. The zero-order chi connectivity index (χ0) is 13.0. The van der Waals surface area contributed by atoms with E-state index in [1.54, 1.807) is 13.0 Å². The fourth-order valence-electron chi connectivity index (χ4n) is 0.980. The molecule has 0 aromatic heterocycles. The molecule has 0 saturated carbocycles. The molecule has 1 rings (SSSR count). The third-order valence-electron chi connectivity index (χ3n) is 2.14. The fourth-order valence-corrected chi connectivity index (χ4v) is 2.19. The molecular weight excluding hydrogens is 304 g/mol. The van der Waals surface area contributed by atoms with Crippen molar-refractivity contribution >= 4 is 33.7 Å². The van der Waals surface area contributed by atoms with Crippen molar-refractivity contribution in [2.45, 2.75) is 18.7 Å². The molecule has 0 atom stereocenters. The van der Waals surface area contributed by atoms with Crippen molar-refractivity contribution in [3.05, 3.63) is 45.3 Å². The van der Waals surface area contributed by atoms with E-state index in [4.69, 9.17) is 5.73 Å². The third-order valence-corrected chi connectivity index (χ3v) is 4.01. The maximum absolute atomic E-state index is 11.8. The van der Waals surface area contributed by atoms with Gasteiger partial charge in [-0.1, -0.05) is 12.1 Å². The van der Waals surface area contributed by atoms with Crippen LogP contribution in [0.1, 0.15) is 13.8 Å². The first-order valence-electron chi connectivity index (χ1n) is 4.82. The van der Waals surface area contributed by atoms with E-state index >= 15 is 0 Å². The number of amidine groups is 1. The number of nitrogens with two attached hydrogens (primary N) is 1. The molecule has 0 spiro atoms. The minimum absolute atomic E-state index is 0.00856. The van der Waals surface area contributed by atoms with E-state index in [2.05, 4.69) is 15.9 Å². The van der Waals surface area contributed by atoms with Gasteiger partial charge < -0.3 is 10.3 Å². The Labute approximate surface area is 113 Å².